The van der Waals surface area contributed by atoms with Gasteiger partial charge in [0.05, 0.1) is 4.47 Å². The molecule has 0 bridgehead atoms. The van der Waals surface area contributed by atoms with Crippen molar-refractivity contribution in [2.75, 3.05) is 26.2 Å². The third-order valence-corrected chi connectivity index (χ3v) is 4.11. The van der Waals surface area contributed by atoms with Crippen LogP contribution >= 0.6 is 40.7 Å². The van der Waals surface area contributed by atoms with Gasteiger partial charge in [-0.25, -0.2) is 4.39 Å². The summed E-state index contributed by atoms with van der Waals surface area (Å²) in [4.78, 5) is 2.41. The Kier molecular flexibility index (Phi) is 9.74. The molecule has 0 saturated carbocycles. The molecular weight excluding hydrogens is 378 g/mol. The standard InChI is InChI=1S/C15H20BrFN2.2ClH/c1-11(2)9-15(19-7-5-18-6-8-19)12-3-4-13(16)14(17)10-12;;/h3-4,10,15,18H,1,5-9H2,2H3;2*1H/t15-;;/m1../s1. The lowest BCUT2D eigenvalue weighted by atomic mass is 9.98. The maximum absolute atomic E-state index is 13.7. The van der Waals surface area contributed by atoms with Crippen molar-refractivity contribution in [3.63, 3.8) is 0 Å². The van der Waals surface area contributed by atoms with Gasteiger partial charge in [-0.1, -0.05) is 11.6 Å². The molecule has 1 aromatic carbocycles. The molecule has 0 unspecified atom stereocenters. The fraction of sp³-hybridized carbons (Fsp3) is 0.467. The third kappa shape index (κ3) is 5.87. The summed E-state index contributed by atoms with van der Waals surface area (Å²) in [5.41, 5.74) is 2.16. The molecule has 6 heteroatoms. The molecule has 1 atom stereocenters. The predicted octanol–water partition coefficient (Wildman–Crippen LogP) is 4.34. The summed E-state index contributed by atoms with van der Waals surface area (Å²) in [6, 6.07) is 5.66. The maximum Gasteiger partial charge on any atom is 0.137 e. The molecule has 1 aliphatic rings. The van der Waals surface area contributed by atoms with Crippen molar-refractivity contribution < 1.29 is 4.39 Å². The first-order chi connectivity index (χ1) is 9.08. The molecule has 1 aromatic rings. The Morgan fingerprint density at radius 1 is 1.38 bits per heavy atom. The van der Waals surface area contributed by atoms with Crippen LogP contribution in [0.25, 0.3) is 0 Å². The van der Waals surface area contributed by atoms with E-state index in [9.17, 15) is 4.39 Å². The predicted molar refractivity (Wildman–Crippen MR) is 95.2 cm³/mol. The minimum Gasteiger partial charge on any atom is -0.314 e. The molecular formula is C15H22BrCl2FN2. The molecule has 1 N–H and O–H groups in total. The first-order valence-corrected chi connectivity index (χ1v) is 7.41. The van der Waals surface area contributed by atoms with E-state index in [-0.39, 0.29) is 36.7 Å². The number of nitrogens with one attached hydrogen (secondary N) is 1. The smallest absolute Gasteiger partial charge is 0.137 e. The van der Waals surface area contributed by atoms with Gasteiger partial charge >= 0.3 is 0 Å². The minimum atomic E-state index is -0.195. The molecule has 0 aliphatic carbocycles. The highest BCUT2D eigenvalue weighted by Crippen LogP contribution is 2.29. The van der Waals surface area contributed by atoms with Gasteiger partial charge in [0.25, 0.3) is 0 Å². The van der Waals surface area contributed by atoms with Gasteiger partial charge in [-0.05, 0) is 47.0 Å². The number of hydrogen-bond donors (Lipinski definition) is 1. The molecule has 2 rings (SSSR count). The highest BCUT2D eigenvalue weighted by Gasteiger charge is 2.22. The van der Waals surface area contributed by atoms with Gasteiger partial charge in [-0.3, -0.25) is 4.90 Å². The molecule has 1 fully saturated rings. The second-order valence-corrected chi connectivity index (χ2v) is 5.99. The molecule has 0 aromatic heterocycles. The van der Waals surface area contributed by atoms with E-state index in [1.807, 2.05) is 13.0 Å². The topological polar surface area (TPSA) is 15.3 Å². The second-order valence-electron chi connectivity index (χ2n) is 5.14. The van der Waals surface area contributed by atoms with E-state index < -0.39 is 0 Å². The SMILES string of the molecule is C=C(C)C[C@H](c1ccc(Br)c(F)c1)N1CCNCC1.Cl.Cl. The van der Waals surface area contributed by atoms with E-state index in [0.717, 1.165) is 43.7 Å². The quantitative estimate of drug-likeness (QED) is 0.757. The van der Waals surface area contributed by atoms with Crippen molar-refractivity contribution in [3.05, 3.63) is 46.2 Å². The van der Waals surface area contributed by atoms with E-state index in [4.69, 9.17) is 0 Å². The van der Waals surface area contributed by atoms with Crippen LogP contribution in [-0.2, 0) is 0 Å². The average molecular weight is 400 g/mol. The van der Waals surface area contributed by atoms with Crippen LogP contribution < -0.4 is 5.32 Å². The van der Waals surface area contributed by atoms with Gasteiger partial charge in [0.15, 0.2) is 0 Å². The van der Waals surface area contributed by atoms with E-state index in [0.29, 0.717) is 4.47 Å². The van der Waals surface area contributed by atoms with Crippen molar-refractivity contribution in [2.24, 2.45) is 0 Å². The summed E-state index contributed by atoms with van der Waals surface area (Å²) in [5.74, 6) is -0.195. The highest BCUT2D eigenvalue weighted by atomic mass is 79.9. The molecule has 1 aliphatic heterocycles. The molecule has 0 spiro atoms. The number of nitrogens with zero attached hydrogens (tertiary/aromatic N) is 1. The van der Waals surface area contributed by atoms with Crippen LogP contribution in [0.1, 0.15) is 24.9 Å². The Labute approximate surface area is 147 Å². The van der Waals surface area contributed by atoms with E-state index in [1.54, 1.807) is 12.1 Å². The largest absolute Gasteiger partial charge is 0.314 e. The van der Waals surface area contributed by atoms with Crippen LogP contribution in [0, 0.1) is 5.82 Å². The molecule has 2 nitrogen and oxygen atoms in total. The summed E-state index contributed by atoms with van der Waals surface area (Å²) >= 11 is 3.21. The summed E-state index contributed by atoms with van der Waals surface area (Å²) in [6.07, 6.45) is 0.876. The van der Waals surface area contributed by atoms with Gasteiger partial charge in [-0.2, -0.15) is 0 Å². The Hall–Kier alpha value is -0.130. The first-order valence-electron chi connectivity index (χ1n) is 6.62. The number of piperazine rings is 1. The Balaban J connectivity index is 0.00000200. The zero-order valence-electron chi connectivity index (χ0n) is 12.1. The Morgan fingerprint density at radius 2 is 2.00 bits per heavy atom. The van der Waals surface area contributed by atoms with E-state index in [1.165, 1.54) is 0 Å². The lowest BCUT2D eigenvalue weighted by molar-refractivity contribution is 0.172. The van der Waals surface area contributed by atoms with Crippen LogP contribution in [0.5, 0.6) is 0 Å². The zero-order chi connectivity index (χ0) is 13.8. The van der Waals surface area contributed by atoms with Gasteiger partial charge < -0.3 is 5.32 Å². The fourth-order valence-corrected chi connectivity index (χ4v) is 2.75. The van der Waals surface area contributed by atoms with Crippen molar-refractivity contribution in [2.45, 2.75) is 19.4 Å². The summed E-state index contributed by atoms with van der Waals surface area (Å²) in [7, 11) is 0. The van der Waals surface area contributed by atoms with Crippen molar-refractivity contribution in [1.82, 2.24) is 10.2 Å². The molecule has 120 valence electrons. The Bertz CT molecular complexity index is 465. The molecule has 21 heavy (non-hydrogen) atoms. The molecule has 0 radical (unpaired) electrons. The van der Waals surface area contributed by atoms with Crippen LogP contribution in [-0.4, -0.2) is 31.1 Å². The number of benzene rings is 1. The van der Waals surface area contributed by atoms with Gasteiger partial charge in [0.1, 0.15) is 5.82 Å². The summed E-state index contributed by atoms with van der Waals surface area (Å²) in [5, 5.41) is 3.35. The van der Waals surface area contributed by atoms with Gasteiger partial charge in [-0.15, -0.1) is 31.4 Å². The van der Waals surface area contributed by atoms with Gasteiger partial charge in [0.2, 0.25) is 0 Å². The number of halogens is 4. The lowest BCUT2D eigenvalue weighted by Crippen LogP contribution is -2.45. The second kappa shape index (κ2) is 9.80. The van der Waals surface area contributed by atoms with E-state index >= 15 is 0 Å². The van der Waals surface area contributed by atoms with Crippen LogP contribution in [0.3, 0.4) is 0 Å². The fourth-order valence-electron chi connectivity index (χ4n) is 2.50. The highest BCUT2D eigenvalue weighted by molar-refractivity contribution is 9.10. The zero-order valence-corrected chi connectivity index (χ0v) is 15.3. The van der Waals surface area contributed by atoms with E-state index in [2.05, 4.69) is 32.7 Å². The normalized spacial score (nSPS) is 16.5. The Morgan fingerprint density at radius 3 is 2.52 bits per heavy atom. The maximum atomic E-state index is 13.7. The molecule has 1 heterocycles. The first kappa shape index (κ1) is 20.9. The van der Waals surface area contributed by atoms with Crippen LogP contribution in [0.15, 0.2) is 34.8 Å². The van der Waals surface area contributed by atoms with Crippen LogP contribution in [0.2, 0.25) is 0 Å². The van der Waals surface area contributed by atoms with Crippen molar-refractivity contribution >= 4 is 40.7 Å². The molecule has 0 amide bonds. The number of hydrogen-bond acceptors (Lipinski definition) is 2. The van der Waals surface area contributed by atoms with Crippen molar-refractivity contribution in [1.29, 1.82) is 0 Å². The van der Waals surface area contributed by atoms with Crippen molar-refractivity contribution in [3.8, 4) is 0 Å². The monoisotopic (exact) mass is 398 g/mol. The third-order valence-electron chi connectivity index (χ3n) is 3.46. The lowest BCUT2D eigenvalue weighted by Gasteiger charge is -2.35. The van der Waals surface area contributed by atoms with Gasteiger partial charge in [0, 0.05) is 32.2 Å². The minimum absolute atomic E-state index is 0. The molecule has 1 saturated heterocycles. The number of rotatable bonds is 4. The summed E-state index contributed by atoms with van der Waals surface area (Å²) < 4.78 is 14.3. The average Bonchev–Trinajstić information content (AvgIpc) is 2.40. The summed E-state index contributed by atoms with van der Waals surface area (Å²) in [6.45, 7) is 10.0. The van der Waals surface area contributed by atoms with Crippen LogP contribution in [0.4, 0.5) is 4.39 Å².